The third kappa shape index (κ3) is 10.0. The molecule has 10 heteroatoms. The van der Waals surface area contributed by atoms with E-state index >= 15 is 0 Å². The second kappa shape index (κ2) is 15.7. The van der Waals surface area contributed by atoms with Gasteiger partial charge < -0.3 is 25.6 Å². The highest BCUT2D eigenvalue weighted by molar-refractivity contribution is 6.30. The molecule has 0 unspecified atom stereocenters. The minimum Gasteiger partial charge on any atom is -0.486 e. The van der Waals surface area contributed by atoms with Crippen LogP contribution >= 0.6 is 11.6 Å². The van der Waals surface area contributed by atoms with Gasteiger partial charge in [-0.2, -0.15) is 0 Å². The number of carbonyl (C=O) groups excluding carboxylic acids is 3. The molecule has 0 bridgehead atoms. The first-order valence-electron chi connectivity index (χ1n) is 14.3. The molecule has 8 nitrogen and oxygen atoms in total. The first kappa shape index (κ1) is 32.3. The molecular formula is C31H42ClFN4O4. The lowest BCUT2D eigenvalue weighted by Gasteiger charge is -2.28. The van der Waals surface area contributed by atoms with E-state index in [4.69, 9.17) is 16.3 Å². The van der Waals surface area contributed by atoms with Crippen molar-refractivity contribution in [2.45, 2.75) is 77.1 Å². The van der Waals surface area contributed by atoms with Crippen LogP contribution in [0, 0.1) is 11.7 Å². The van der Waals surface area contributed by atoms with Gasteiger partial charge in [-0.25, -0.2) is 4.39 Å². The number of ether oxygens (including phenoxy) is 1. The van der Waals surface area contributed by atoms with Crippen molar-refractivity contribution in [2.24, 2.45) is 5.92 Å². The Bertz CT molecular complexity index is 1160. The summed E-state index contributed by atoms with van der Waals surface area (Å²) in [6.45, 7) is 6.57. The van der Waals surface area contributed by atoms with E-state index in [0.717, 1.165) is 18.4 Å². The van der Waals surface area contributed by atoms with E-state index in [-0.39, 0.29) is 35.8 Å². The van der Waals surface area contributed by atoms with E-state index < -0.39 is 11.9 Å². The standard InChI is InChI=1S/C31H42ClFN4O4/c1-20(2)37(4)31(40)28(23-12-13-23)35-18-21(3)41-29-24(7-5-9-26(29)33)8-6-16-34-30(39)27(36-19-38)17-22-10-14-25(32)15-11-22/h5,7,9-11,14-15,19-21,23,27-28,35H,6,8,12-13,16-18H2,1-4H3,(H,34,39)(H,36,38)/t21-,27-,28+/m1/s1. The summed E-state index contributed by atoms with van der Waals surface area (Å²) in [7, 11) is 1.82. The van der Waals surface area contributed by atoms with Crippen LogP contribution in [-0.2, 0) is 27.2 Å². The molecule has 3 atom stereocenters. The number of rotatable bonds is 17. The second-order valence-electron chi connectivity index (χ2n) is 11.0. The van der Waals surface area contributed by atoms with Crippen molar-refractivity contribution in [3.63, 3.8) is 0 Å². The van der Waals surface area contributed by atoms with E-state index in [1.54, 1.807) is 23.1 Å². The molecule has 1 fully saturated rings. The number of likely N-dealkylation sites (N-methyl/N-ethyl adjacent to an activating group) is 1. The van der Waals surface area contributed by atoms with Crippen molar-refractivity contribution >= 4 is 29.8 Å². The number of nitrogens with one attached hydrogen (secondary N) is 3. The molecule has 0 heterocycles. The van der Waals surface area contributed by atoms with Crippen LogP contribution in [0.25, 0.3) is 0 Å². The van der Waals surface area contributed by atoms with Crippen molar-refractivity contribution in [1.29, 1.82) is 0 Å². The summed E-state index contributed by atoms with van der Waals surface area (Å²) in [6, 6.07) is 11.0. The van der Waals surface area contributed by atoms with Gasteiger partial charge >= 0.3 is 0 Å². The molecule has 1 aliphatic carbocycles. The van der Waals surface area contributed by atoms with Crippen molar-refractivity contribution < 1.29 is 23.5 Å². The molecule has 3 N–H and O–H groups in total. The predicted octanol–water partition coefficient (Wildman–Crippen LogP) is 3.89. The van der Waals surface area contributed by atoms with Crippen molar-refractivity contribution in [3.05, 3.63) is 64.4 Å². The van der Waals surface area contributed by atoms with Crippen LogP contribution in [0.5, 0.6) is 5.75 Å². The van der Waals surface area contributed by atoms with Gasteiger partial charge in [0.1, 0.15) is 12.1 Å². The molecule has 1 saturated carbocycles. The van der Waals surface area contributed by atoms with Crippen LogP contribution in [0.1, 0.15) is 51.2 Å². The van der Waals surface area contributed by atoms with Crippen LogP contribution in [0.4, 0.5) is 4.39 Å². The van der Waals surface area contributed by atoms with Gasteiger partial charge in [-0.3, -0.25) is 14.4 Å². The SMILES string of the molecule is CC(C)N(C)C(=O)[C@@H](NC[C@@H](C)Oc1c(F)cccc1CCCNC(=O)[C@@H](Cc1ccc(Cl)cc1)NC=O)C1CC1. The molecule has 0 aliphatic heterocycles. The van der Waals surface area contributed by atoms with Crippen molar-refractivity contribution in [1.82, 2.24) is 20.9 Å². The highest BCUT2D eigenvalue weighted by Gasteiger charge is 2.38. The Balaban J connectivity index is 1.51. The second-order valence-corrected chi connectivity index (χ2v) is 11.4. The number of benzene rings is 2. The zero-order valence-electron chi connectivity index (χ0n) is 24.3. The first-order chi connectivity index (χ1) is 19.6. The molecule has 3 rings (SSSR count). The van der Waals surface area contributed by atoms with E-state index in [1.165, 1.54) is 6.07 Å². The van der Waals surface area contributed by atoms with Gasteiger partial charge in [-0.05, 0) is 81.7 Å². The molecular weight excluding hydrogens is 547 g/mol. The normalized spacial score (nSPS) is 15.1. The maximum atomic E-state index is 14.8. The number of aryl methyl sites for hydroxylation is 1. The quantitative estimate of drug-likeness (QED) is 0.192. The largest absolute Gasteiger partial charge is 0.486 e. The molecule has 0 spiro atoms. The molecule has 1 aliphatic rings. The zero-order valence-corrected chi connectivity index (χ0v) is 25.0. The van der Waals surface area contributed by atoms with E-state index in [2.05, 4.69) is 16.0 Å². The Morgan fingerprint density at radius 3 is 2.49 bits per heavy atom. The molecule has 41 heavy (non-hydrogen) atoms. The Kier molecular flexibility index (Phi) is 12.4. The zero-order chi connectivity index (χ0) is 29.9. The average molecular weight is 589 g/mol. The van der Waals surface area contributed by atoms with Gasteiger partial charge in [0.25, 0.3) is 0 Å². The van der Waals surface area contributed by atoms with Crippen LogP contribution in [0.3, 0.4) is 0 Å². The number of hydrogen-bond acceptors (Lipinski definition) is 5. The lowest BCUT2D eigenvalue weighted by Crippen LogP contribution is -2.50. The number of amides is 3. The van der Waals surface area contributed by atoms with Gasteiger partial charge in [0, 0.05) is 37.6 Å². The van der Waals surface area contributed by atoms with Gasteiger partial charge in [0.05, 0.1) is 6.04 Å². The van der Waals surface area contributed by atoms with Gasteiger partial charge in [-0.15, -0.1) is 0 Å². The summed E-state index contributed by atoms with van der Waals surface area (Å²) < 4.78 is 20.8. The third-order valence-electron chi connectivity index (χ3n) is 7.34. The number of hydrogen-bond donors (Lipinski definition) is 3. The van der Waals surface area contributed by atoms with E-state index in [0.29, 0.717) is 55.3 Å². The Morgan fingerprint density at radius 1 is 1.15 bits per heavy atom. The monoisotopic (exact) mass is 588 g/mol. The fourth-order valence-corrected chi connectivity index (χ4v) is 4.68. The number of carbonyl (C=O) groups is 3. The van der Waals surface area contributed by atoms with Gasteiger partial charge in [0.2, 0.25) is 18.2 Å². The predicted molar refractivity (Wildman–Crippen MR) is 158 cm³/mol. The minimum absolute atomic E-state index is 0.0714. The summed E-state index contributed by atoms with van der Waals surface area (Å²) in [5.74, 6) is -0.175. The summed E-state index contributed by atoms with van der Waals surface area (Å²) in [6.07, 6.45) is 3.55. The molecule has 2 aromatic rings. The first-order valence-corrected chi connectivity index (χ1v) is 14.6. The van der Waals surface area contributed by atoms with Crippen molar-refractivity contribution in [3.8, 4) is 5.75 Å². The summed E-state index contributed by atoms with van der Waals surface area (Å²) >= 11 is 5.93. The molecule has 0 aromatic heterocycles. The highest BCUT2D eigenvalue weighted by atomic mass is 35.5. The summed E-state index contributed by atoms with van der Waals surface area (Å²) in [5, 5.41) is 9.37. The average Bonchev–Trinajstić information content (AvgIpc) is 3.78. The Morgan fingerprint density at radius 2 is 1.85 bits per heavy atom. The third-order valence-corrected chi connectivity index (χ3v) is 7.59. The number of halogens is 2. The maximum absolute atomic E-state index is 14.8. The lowest BCUT2D eigenvalue weighted by molar-refractivity contribution is -0.134. The lowest BCUT2D eigenvalue weighted by atomic mass is 10.1. The molecule has 0 saturated heterocycles. The van der Waals surface area contributed by atoms with Crippen LogP contribution in [-0.4, -0.2) is 67.5 Å². The Hall–Kier alpha value is -3.17. The minimum atomic E-state index is -0.721. The molecule has 0 radical (unpaired) electrons. The molecule has 2 aromatic carbocycles. The summed E-state index contributed by atoms with van der Waals surface area (Å²) in [4.78, 5) is 38.5. The fourth-order valence-electron chi connectivity index (χ4n) is 4.56. The molecule has 224 valence electrons. The van der Waals surface area contributed by atoms with Gasteiger partial charge in [0.15, 0.2) is 11.6 Å². The van der Waals surface area contributed by atoms with E-state index in [1.807, 2.05) is 46.0 Å². The number of nitrogens with zero attached hydrogens (tertiary/aromatic N) is 1. The maximum Gasteiger partial charge on any atom is 0.242 e. The topological polar surface area (TPSA) is 99.8 Å². The number of para-hydroxylation sites is 1. The van der Waals surface area contributed by atoms with Gasteiger partial charge in [-0.1, -0.05) is 35.9 Å². The van der Waals surface area contributed by atoms with Crippen LogP contribution in [0.15, 0.2) is 42.5 Å². The summed E-state index contributed by atoms with van der Waals surface area (Å²) in [5.41, 5.74) is 1.57. The highest BCUT2D eigenvalue weighted by Crippen LogP contribution is 2.33. The smallest absolute Gasteiger partial charge is 0.242 e. The van der Waals surface area contributed by atoms with Crippen LogP contribution < -0.4 is 20.7 Å². The Labute approximate surface area is 247 Å². The molecule has 3 amide bonds. The fraction of sp³-hybridized carbons (Fsp3) is 0.516. The van der Waals surface area contributed by atoms with Crippen LogP contribution in [0.2, 0.25) is 5.02 Å². The van der Waals surface area contributed by atoms with E-state index in [9.17, 15) is 18.8 Å². The van der Waals surface area contributed by atoms with Crippen molar-refractivity contribution in [2.75, 3.05) is 20.1 Å².